The van der Waals surface area contributed by atoms with Crippen molar-refractivity contribution in [2.75, 3.05) is 26.2 Å². The molecule has 0 saturated heterocycles. The molecule has 0 amide bonds. The van der Waals surface area contributed by atoms with Gasteiger partial charge in [0.05, 0.1) is 0 Å². The molecule has 1 atom stereocenters. The van der Waals surface area contributed by atoms with Crippen LogP contribution in [-0.4, -0.2) is 32.2 Å². The summed E-state index contributed by atoms with van der Waals surface area (Å²) in [5, 5.41) is 7.19. The second-order valence-corrected chi connectivity index (χ2v) is 10.6. The Morgan fingerprint density at radius 3 is 1.24 bits per heavy atom. The van der Waals surface area contributed by atoms with Crippen molar-refractivity contribution < 1.29 is 0 Å². The van der Waals surface area contributed by atoms with Gasteiger partial charge in [-0.15, -0.1) is 0 Å². The molecular formula is C30H65N3. The molecule has 0 spiro atoms. The van der Waals surface area contributed by atoms with Gasteiger partial charge in [-0.05, 0) is 51.9 Å². The lowest BCUT2D eigenvalue weighted by Gasteiger charge is -2.12. The first-order valence-electron chi connectivity index (χ1n) is 15.5. The quantitative estimate of drug-likeness (QED) is 0.0966. The Morgan fingerprint density at radius 2 is 0.758 bits per heavy atom. The van der Waals surface area contributed by atoms with Crippen molar-refractivity contribution >= 4 is 0 Å². The average Bonchev–Trinajstić information content (AvgIpc) is 2.82. The van der Waals surface area contributed by atoms with E-state index in [9.17, 15) is 0 Å². The van der Waals surface area contributed by atoms with Gasteiger partial charge in [-0.25, -0.2) is 0 Å². The molecule has 1 unspecified atom stereocenters. The number of unbranched alkanes of at least 4 members (excludes halogenated alkanes) is 18. The topological polar surface area (TPSA) is 50.1 Å². The molecule has 0 aliphatic heterocycles. The molecule has 0 aromatic heterocycles. The Kier molecular flexibility index (Phi) is 29.8. The molecule has 3 nitrogen and oxygen atoms in total. The molecule has 0 radical (unpaired) electrons. The molecule has 0 aliphatic rings. The number of rotatable bonds is 29. The molecule has 0 aromatic rings. The molecule has 0 aromatic carbocycles. The van der Waals surface area contributed by atoms with Crippen LogP contribution in [0.4, 0.5) is 0 Å². The van der Waals surface area contributed by atoms with Gasteiger partial charge < -0.3 is 16.4 Å². The summed E-state index contributed by atoms with van der Waals surface area (Å²) in [6.07, 6.45) is 31.8. The molecule has 200 valence electrons. The third-order valence-corrected chi connectivity index (χ3v) is 7.03. The monoisotopic (exact) mass is 468 g/mol. The second-order valence-electron chi connectivity index (χ2n) is 10.6. The van der Waals surface area contributed by atoms with E-state index in [0.717, 1.165) is 26.1 Å². The zero-order valence-corrected chi connectivity index (χ0v) is 23.2. The summed E-state index contributed by atoms with van der Waals surface area (Å²) < 4.78 is 0. The van der Waals surface area contributed by atoms with Crippen LogP contribution in [0.2, 0.25) is 0 Å². The summed E-state index contributed by atoms with van der Waals surface area (Å²) in [6.45, 7) is 9.13. The predicted molar refractivity (Wildman–Crippen MR) is 151 cm³/mol. The van der Waals surface area contributed by atoms with Crippen LogP contribution < -0.4 is 16.4 Å². The predicted octanol–water partition coefficient (Wildman–Crippen LogP) is 8.51. The summed E-state index contributed by atoms with van der Waals surface area (Å²) in [4.78, 5) is 0. The van der Waals surface area contributed by atoms with Crippen LogP contribution in [0.5, 0.6) is 0 Å². The zero-order valence-electron chi connectivity index (χ0n) is 23.2. The summed E-state index contributed by atoms with van der Waals surface area (Å²) in [6, 6.07) is 0.390. The molecule has 4 N–H and O–H groups in total. The maximum absolute atomic E-state index is 6.30. The van der Waals surface area contributed by atoms with Crippen LogP contribution in [0.1, 0.15) is 162 Å². The third kappa shape index (κ3) is 29.8. The van der Waals surface area contributed by atoms with E-state index in [0.29, 0.717) is 6.04 Å². The smallest absolute Gasteiger partial charge is 0.00509 e. The molecular weight excluding hydrogens is 402 g/mol. The van der Waals surface area contributed by atoms with Gasteiger partial charge in [-0.3, -0.25) is 0 Å². The highest BCUT2D eigenvalue weighted by Crippen LogP contribution is 2.12. The van der Waals surface area contributed by atoms with Crippen molar-refractivity contribution in [2.24, 2.45) is 5.73 Å². The average molecular weight is 468 g/mol. The van der Waals surface area contributed by atoms with Gasteiger partial charge in [0.1, 0.15) is 0 Å². The summed E-state index contributed by atoms with van der Waals surface area (Å²) in [5.41, 5.74) is 6.30. The van der Waals surface area contributed by atoms with E-state index in [1.54, 1.807) is 0 Å². The number of nitrogens with one attached hydrogen (secondary N) is 2. The lowest BCUT2D eigenvalue weighted by atomic mass is 10.0. The Hall–Kier alpha value is -0.120. The molecule has 0 aliphatic carbocycles. The van der Waals surface area contributed by atoms with E-state index in [2.05, 4.69) is 24.5 Å². The van der Waals surface area contributed by atoms with Crippen molar-refractivity contribution in [3.8, 4) is 0 Å². The fourth-order valence-corrected chi connectivity index (χ4v) is 4.65. The molecule has 0 heterocycles. The minimum Gasteiger partial charge on any atom is -0.328 e. The first-order chi connectivity index (χ1) is 16.3. The van der Waals surface area contributed by atoms with Crippen LogP contribution in [-0.2, 0) is 0 Å². The van der Waals surface area contributed by atoms with E-state index >= 15 is 0 Å². The first kappa shape index (κ1) is 32.9. The number of hydrogen-bond acceptors (Lipinski definition) is 3. The third-order valence-electron chi connectivity index (χ3n) is 7.03. The second kappa shape index (κ2) is 29.9. The number of hydrogen-bond donors (Lipinski definition) is 3. The lowest BCUT2D eigenvalue weighted by Crippen LogP contribution is -2.28. The zero-order chi connectivity index (χ0) is 24.1. The lowest BCUT2D eigenvalue weighted by molar-refractivity contribution is 0.486. The summed E-state index contributed by atoms with van der Waals surface area (Å²) in [7, 11) is 0. The van der Waals surface area contributed by atoms with Gasteiger partial charge in [0.15, 0.2) is 0 Å². The standard InChI is InChI=1S/C30H65N3/c1-3-5-7-9-11-13-15-17-19-21-24-30(31)25-29-33-28-23-27-32-26-22-20-18-16-14-12-10-8-6-4-2/h30,32-33H,3-29,31H2,1-2H3. The highest BCUT2D eigenvalue weighted by molar-refractivity contribution is 4.64. The maximum Gasteiger partial charge on any atom is 0.00509 e. The van der Waals surface area contributed by atoms with E-state index in [1.165, 1.54) is 148 Å². The highest BCUT2D eigenvalue weighted by Gasteiger charge is 2.02. The van der Waals surface area contributed by atoms with Crippen LogP contribution >= 0.6 is 0 Å². The SMILES string of the molecule is CCCCCCCCCCCCNCCCNCCC(N)CCCCCCCCCCCC. The van der Waals surface area contributed by atoms with E-state index in [-0.39, 0.29) is 0 Å². The Balaban J connectivity index is 3.12. The van der Waals surface area contributed by atoms with E-state index in [4.69, 9.17) is 5.73 Å². The van der Waals surface area contributed by atoms with Crippen LogP contribution in [0.25, 0.3) is 0 Å². The molecule has 0 saturated carbocycles. The minimum absolute atomic E-state index is 0.390. The van der Waals surface area contributed by atoms with Gasteiger partial charge in [-0.2, -0.15) is 0 Å². The molecule has 0 fully saturated rings. The van der Waals surface area contributed by atoms with Crippen LogP contribution in [0.3, 0.4) is 0 Å². The Bertz CT molecular complexity index is 335. The Labute approximate surface area is 210 Å². The van der Waals surface area contributed by atoms with Crippen molar-refractivity contribution in [2.45, 2.75) is 168 Å². The van der Waals surface area contributed by atoms with Crippen LogP contribution in [0.15, 0.2) is 0 Å². The number of nitrogens with two attached hydrogens (primary N) is 1. The van der Waals surface area contributed by atoms with Gasteiger partial charge in [0, 0.05) is 6.04 Å². The Morgan fingerprint density at radius 1 is 0.394 bits per heavy atom. The van der Waals surface area contributed by atoms with Gasteiger partial charge in [0.2, 0.25) is 0 Å². The van der Waals surface area contributed by atoms with Crippen LogP contribution in [0, 0.1) is 0 Å². The summed E-state index contributed by atoms with van der Waals surface area (Å²) in [5.74, 6) is 0. The van der Waals surface area contributed by atoms with E-state index in [1.807, 2.05) is 0 Å². The van der Waals surface area contributed by atoms with Crippen molar-refractivity contribution in [3.63, 3.8) is 0 Å². The van der Waals surface area contributed by atoms with Crippen molar-refractivity contribution in [1.29, 1.82) is 0 Å². The fraction of sp³-hybridized carbons (Fsp3) is 1.00. The summed E-state index contributed by atoms with van der Waals surface area (Å²) >= 11 is 0. The first-order valence-corrected chi connectivity index (χ1v) is 15.5. The minimum atomic E-state index is 0.390. The highest BCUT2D eigenvalue weighted by atomic mass is 14.9. The van der Waals surface area contributed by atoms with Gasteiger partial charge in [0.25, 0.3) is 0 Å². The maximum atomic E-state index is 6.30. The molecule has 3 heteroatoms. The van der Waals surface area contributed by atoms with Gasteiger partial charge >= 0.3 is 0 Å². The largest absolute Gasteiger partial charge is 0.328 e. The normalized spacial score (nSPS) is 12.5. The molecule has 33 heavy (non-hydrogen) atoms. The molecule has 0 bridgehead atoms. The van der Waals surface area contributed by atoms with Crippen molar-refractivity contribution in [1.82, 2.24) is 10.6 Å². The fourth-order valence-electron chi connectivity index (χ4n) is 4.65. The van der Waals surface area contributed by atoms with Gasteiger partial charge in [-0.1, -0.05) is 136 Å². The van der Waals surface area contributed by atoms with E-state index < -0.39 is 0 Å². The van der Waals surface area contributed by atoms with Crippen molar-refractivity contribution in [3.05, 3.63) is 0 Å². The molecule has 0 rings (SSSR count).